The van der Waals surface area contributed by atoms with E-state index in [4.69, 9.17) is 9.47 Å². The van der Waals surface area contributed by atoms with Crippen LogP contribution in [0.3, 0.4) is 0 Å². The second-order valence-corrected chi connectivity index (χ2v) is 6.85. The van der Waals surface area contributed by atoms with Crippen molar-refractivity contribution in [3.63, 3.8) is 0 Å². The third-order valence-electron chi connectivity index (χ3n) is 3.28. The van der Waals surface area contributed by atoms with Crippen LogP contribution in [0.1, 0.15) is 18.4 Å². The van der Waals surface area contributed by atoms with Crippen LogP contribution in [-0.4, -0.2) is 38.7 Å². The van der Waals surface area contributed by atoms with E-state index in [1.54, 1.807) is 7.11 Å². The van der Waals surface area contributed by atoms with E-state index >= 15 is 0 Å². The zero-order chi connectivity index (χ0) is 14.2. The summed E-state index contributed by atoms with van der Waals surface area (Å²) in [6, 6.07) is 6.48. The van der Waals surface area contributed by atoms with Crippen molar-refractivity contribution in [3.05, 3.63) is 28.2 Å². The molecule has 1 N–H and O–H groups in total. The fraction of sp³-hybridized carbons (Fsp3) is 0.600. The molecule has 1 fully saturated rings. The van der Waals surface area contributed by atoms with Crippen LogP contribution < -0.4 is 5.32 Å². The van der Waals surface area contributed by atoms with Crippen LogP contribution in [0.15, 0.2) is 27.6 Å². The van der Waals surface area contributed by atoms with E-state index in [1.165, 1.54) is 23.3 Å². The average Bonchev–Trinajstić information content (AvgIpc) is 2.96. The molecule has 20 heavy (non-hydrogen) atoms. The molecule has 0 aromatic heterocycles. The van der Waals surface area contributed by atoms with Crippen molar-refractivity contribution in [1.29, 1.82) is 0 Å². The van der Waals surface area contributed by atoms with E-state index < -0.39 is 0 Å². The predicted octanol–water partition coefficient (Wildman–Crippen LogP) is 3.46. The SMILES string of the molecule is COCCNCc1ccc(Br)cc1SCC1CCCO1. The number of ether oxygens (including phenoxy) is 2. The lowest BCUT2D eigenvalue weighted by Crippen LogP contribution is -2.19. The Morgan fingerprint density at radius 2 is 2.40 bits per heavy atom. The zero-order valence-electron chi connectivity index (χ0n) is 11.9. The molecule has 112 valence electrons. The van der Waals surface area contributed by atoms with Gasteiger partial charge in [0.05, 0.1) is 12.7 Å². The van der Waals surface area contributed by atoms with Gasteiger partial charge in [-0.1, -0.05) is 22.0 Å². The highest BCUT2D eigenvalue weighted by molar-refractivity contribution is 9.10. The molecule has 0 aliphatic carbocycles. The third kappa shape index (κ3) is 5.37. The molecule has 1 atom stereocenters. The number of hydrogen-bond donors (Lipinski definition) is 1. The largest absolute Gasteiger partial charge is 0.383 e. The number of nitrogens with one attached hydrogen (secondary N) is 1. The Kier molecular flexibility index (Phi) is 7.38. The summed E-state index contributed by atoms with van der Waals surface area (Å²) in [7, 11) is 1.73. The molecule has 0 bridgehead atoms. The van der Waals surface area contributed by atoms with Gasteiger partial charge in [-0.2, -0.15) is 0 Å². The van der Waals surface area contributed by atoms with Crippen LogP contribution in [0.25, 0.3) is 0 Å². The summed E-state index contributed by atoms with van der Waals surface area (Å²) in [5, 5.41) is 3.41. The van der Waals surface area contributed by atoms with Gasteiger partial charge in [0.1, 0.15) is 0 Å². The molecule has 0 radical (unpaired) electrons. The molecule has 2 rings (SSSR count). The molecule has 1 aromatic carbocycles. The molecule has 0 amide bonds. The number of thioether (sulfide) groups is 1. The molecule has 1 heterocycles. The Hall–Kier alpha value is -0.0700. The van der Waals surface area contributed by atoms with Crippen molar-refractivity contribution >= 4 is 27.7 Å². The third-order valence-corrected chi connectivity index (χ3v) is 5.00. The molecule has 1 aliphatic heterocycles. The number of rotatable bonds is 8. The Labute approximate surface area is 133 Å². The van der Waals surface area contributed by atoms with E-state index in [9.17, 15) is 0 Å². The average molecular weight is 360 g/mol. The minimum Gasteiger partial charge on any atom is -0.383 e. The Balaban J connectivity index is 1.88. The lowest BCUT2D eigenvalue weighted by atomic mass is 10.2. The van der Waals surface area contributed by atoms with Crippen LogP contribution in [0, 0.1) is 0 Å². The maximum atomic E-state index is 5.69. The van der Waals surface area contributed by atoms with Crippen LogP contribution in [-0.2, 0) is 16.0 Å². The van der Waals surface area contributed by atoms with Crippen molar-refractivity contribution in [3.8, 4) is 0 Å². The first kappa shape index (κ1) is 16.3. The van der Waals surface area contributed by atoms with E-state index in [2.05, 4.69) is 39.4 Å². The fourth-order valence-corrected chi connectivity index (χ4v) is 3.84. The maximum Gasteiger partial charge on any atom is 0.0669 e. The zero-order valence-corrected chi connectivity index (χ0v) is 14.3. The first-order chi connectivity index (χ1) is 9.79. The van der Waals surface area contributed by atoms with E-state index in [-0.39, 0.29) is 0 Å². The van der Waals surface area contributed by atoms with Gasteiger partial charge in [-0.05, 0) is 30.5 Å². The maximum absolute atomic E-state index is 5.69. The van der Waals surface area contributed by atoms with Crippen molar-refractivity contribution in [2.75, 3.05) is 32.6 Å². The van der Waals surface area contributed by atoms with Crippen LogP contribution >= 0.6 is 27.7 Å². The molecule has 0 saturated carbocycles. The van der Waals surface area contributed by atoms with E-state index in [0.29, 0.717) is 6.10 Å². The molecule has 0 spiro atoms. The second kappa shape index (κ2) is 9.05. The van der Waals surface area contributed by atoms with Crippen molar-refractivity contribution in [2.45, 2.75) is 30.4 Å². The highest BCUT2D eigenvalue weighted by Crippen LogP contribution is 2.29. The topological polar surface area (TPSA) is 30.5 Å². The normalized spacial score (nSPS) is 18.6. The lowest BCUT2D eigenvalue weighted by Gasteiger charge is -2.13. The van der Waals surface area contributed by atoms with Crippen LogP contribution in [0.5, 0.6) is 0 Å². The molecular formula is C15H22BrNO2S. The lowest BCUT2D eigenvalue weighted by molar-refractivity contribution is 0.129. The minimum atomic E-state index is 0.424. The number of benzene rings is 1. The highest BCUT2D eigenvalue weighted by atomic mass is 79.9. The number of hydrogen-bond acceptors (Lipinski definition) is 4. The van der Waals surface area contributed by atoms with Gasteiger partial charge < -0.3 is 14.8 Å². The van der Waals surface area contributed by atoms with E-state index in [1.807, 2.05) is 11.8 Å². The van der Waals surface area contributed by atoms with Crippen molar-refractivity contribution < 1.29 is 9.47 Å². The van der Waals surface area contributed by atoms with E-state index in [0.717, 1.165) is 36.5 Å². The monoisotopic (exact) mass is 359 g/mol. The fourth-order valence-electron chi connectivity index (χ4n) is 2.16. The highest BCUT2D eigenvalue weighted by Gasteiger charge is 2.16. The first-order valence-electron chi connectivity index (χ1n) is 7.02. The second-order valence-electron chi connectivity index (χ2n) is 4.87. The quantitative estimate of drug-likeness (QED) is 0.568. The van der Waals surface area contributed by atoms with Gasteiger partial charge in [0.15, 0.2) is 0 Å². The summed E-state index contributed by atoms with van der Waals surface area (Å²) in [6.45, 7) is 3.43. The van der Waals surface area contributed by atoms with Gasteiger partial charge in [-0.3, -0.25) is 0 Å². The van der Waals surface area contributed by atoms with Gasteiger partial charge in [0.25, 0.3) is 0 Å². The molecule has 1 aromatic rings. The Bertz CT molecular complexity index is 411. The summed E-state index contributed by atoms with van der Waals surface area (Å²) in [4.78, 5) is 1.33. The van der Waals surface area contributed by atoms with Gasteiger partial charge in [0.2, 0.25) is 0 Å². The molecule has 1 aliphatic rings. The number of methoxy groups -OCH3 is 1. The summed E-state index contributed by atoms with van der Waals surface area (Å²) in [5.41, 5.74) is 1.34. The molecule has 5 heteroatoms. The Morgan fingerprint density at radius 3 is 3.15 bits per heavy atom. The minimum absolute atomic E-state index is 0.424. The standard InChI is InChI=1S/C15H22BrNO2S/c1-18-8-6-17-10-12-4-5-13(16)9-15(12)20-11-14-3-2-7-19-14/h4-5,9,14,17H,2-3,6-8,10-11H2,1H3. The van der Waals surface area contributed by atoms with Gasteiger partial charge in [-0.15, -0.1) is 11.8 Å². The van der Waals surface area contributed by atoms with Gasteiger partial charge in [-0.25, -0.2) is 0 Å². The van der Waals surface area contributed by atoms with Crippen molar-refractivity contribution in [1.82, 2.24) is 5.32 Å². The van der Waals surface area contributed by atoms with Crippen molar-refractivity contribution in [2.24, 2.45) is 0 Å². The predicted molar refractivity (Wildman–Crippen MR) is 87.4 cm³/mol. The molecule has 3 nitrogen and oxygen atoms in total. The number of halogens is 1. The summed E-state index contributed by atoms with van der Waals surface area (Å²) in [6.07, 6.45) is 2.82. The van der Waals surface area contributed by atoms with Gasteiger partial charge >= 0.3 is 0 Å². The van der Waals surface area contributed by atoms with Gasteiger partial charge in [0, 0.05) is 41.9 Å². The van der Waals surface area contributed by atoms with Crippen LogP contribution in [0.2, 0.25) is 0 Å². The molecular weight excluding hydrogens is 338 g/mol. The summed E-state index contributed by atoms with van der Waals surface area (Å²) < 4.78 is 11.9. The molecule has 1 saturated heterocycles. The smallest absolute Gasteiger partial charge is 0.0669 e. The Morgan fingerprint density at radius 1 is 1.50 bits per heavy atom. The summed E-state index contributed by atoms with van der Waals surface area (Å²) in [5.74, 6) is 1.04. The summed E-state index contributed by atoms with van der Waals surface area (Å²) >= 11 is 5.45. The first-order valence-corrected chi connectivity index (χ1v) is 8.80. The van der Waals surface area contributed by atoms with Crippen LogP contribution in [0.4, 0.5) is 0 Å². The molecule has 1 unspecified atom stereocenters.